The molecular weight excluding hydrogens is 314 g/mol. The quantitative estimate of drug-likeness (QED) is 0.659. The van der Waals surface area contributed by atoms with Crippen LogP contribution in [-0.4, -0.2) is 23.9 Å². The molecule has 1 aliphatic rings. The Balaban J connectivity index is 2.14. The molecule has 0 bridgehead atoms. The summed E-state index contributed by atoms with van der Waals surface area (Å²) >= 11 is 7.72. The lowest BCUT2D eigenvalue weighted by Crippen LogP contribution is -2.31. The number of nitrogens with zero attached hydrogens (tertiary/aromatic N) is 1. The first kappa shape index (κ1) is 17.0. The summed E-state index contributed by atoms with van der Waals surface area (Å²) in [6, 6.07) is 1.88. The number of allylic oxidation sites excluding steroid dienone is 5. The normalized spacial score (nSPS) is 16.4. The Morgan fingerprint density at radius 3 is 2.59 bits per heavy atom. The highest BCUT2D eigenvalue weighted by Gasteiger charge is 2.22. The van der Waals surface area contributed by atoms with Gasteiger partial charge in [-0.25, -0.2) is 0 Å². The second-order valence-corrected chi connectivity index (χ2v) is 7.07. The summed E-state index contributed by atoms with van der Waals surface area (Å²) in [5.74, 6) is 0.0552. The Kier molecular flexibility index (Phi) is 6.47. The molecule has 0 aliphatic carbocycles. The van der Waals surface area contributed by atoms with Crippen molar-refractivity contribution in [1.29, 1.82) is 0 Å². The van der Waals surface area contributed by atoms with Gasteiger partial charge >= 0.3 is 0 Å². The minimum absolute atomic E-state index is 0.0552. The van der Waals surface area contributed by atoms with Crippen LogP contribution >= 0.6 is 22.9 Å². The topological polar surface area (TPSA) is 20.3 Å². The molecule has 0 spiro atoms. The van der Waals surface area contributed by atoms with Crippen LogP contribution in [0.25, 0.3) is 5.57 Å². The van der Waals surface area contributed by atoms with Crippen LogP contribution in [0.4, 0.5) is 0 Å². The zero-order valence-electron chi connectivity index (χ0n) is 13.0. The first-order valence-corrected chi connectivity index (χ1v) is 8.90. The van der Waals surface area contributed by atoms with Crippen molar-refractivity contribution < 1.29 is 4.79 Å². The maximum atomic E-state index is 12.7. The van der Waals surface area contributed by atoms with Crippen molar-refractivity contribution in [2.45, 2.75) is 32.6 Å². The minimum Gasteiger partial charge on any atom is -0.339 e. The second kappa shape index (κ2) is 8.35. The van der Waals surface area contributed by atoms with E-state index in [1.54, 1.807) is 0 Å². The Hall–Kier alpha value is -1.32. The van der Waals surface area contributed by atoms with Crippen LogP contribution in [0.5, 0.6) is 0 Å². The third-order valence-corrected chi connectivity index (χ3v) is 5.16. The first-order chi connectivity index (χ1) is 10.6. The van der Waals surface area contributed by atoms with Gasteiger partial charge in [-0.05, 0) is 31.4 Å². The molecule has 1 amide bonds. The number of carbonyl (C=O) groups excluding carboxylic acids is 1. The Bertz CT molecular complexity index is 592. The molecule has 1 aliphatic heterocycles. The number of carbonyl (C=O) groups is 1. The van der Waals surface area contributed by atoms with Crippen molar-refractivity contribution in [3.63, 3.8) is 0 Å². The summed E-state index contributed by atoms with van der Waals surface area (Å²) in [6.07, 6.45) is 12.4. The van der Waals surface area contributed by atoms with Crippen LogP contribution in [0.1, 0.15) is 47.8 Å². The van der Waals surface area contributed by atoms with Crippen LogP contribution in [0.2, 0.25) is 4.34 Å². The smallest absolute Gasteiger partial charge is 0.256 e. The van der Waals surface area contributed by atoms with Gasteiger partial charge < -0.3 is 4.90 Å². The third-order valence-electron chi connectivity index (χ3n) is 3.73. The maximum absolute atomic E-state index is 12.7. The predicted octanol–water partition coefficient (Wildman–Crippen LogP) is 5.56. The van der Waals surface area contributed by atoms with E-state index >= 15 is 0 Å². The van der Waals surface area contributed by atoms with Gasteiger partial charge in [0.2, 0.25) is 0 Å². The average Bonchev–Trinajstić information content (AvgIpc) is 2.73. The molecule has 22 heavy (non-hydrogen) atoms. The fourth-order valence-electron chi connectivity index (χ4n) is 2.48. The number of hydrogen-bond donors (Lipinski definition) is 0. The Morgan fingerprint density at radius 2 is 1.95 bits per heavy atom. The Labute approximate surface area is 141 Å². The minimum atomic E-state index is 0.0552. The number of hydrogen-bond acceptors (Lipinski definition) is 2. The standard InChI is InChI=1S/C18H22ClNOS/c1-3-4-7-10-14(2)16-13-15(17(19)22-16)18(21)20-11-8-5-6-9-12-20/h3-4,7,10,13H,2,5-6,8-9,11-12H2,1H3/b4-3-,10-7-. The molecule has 0 unspecified atom stereocenters. The maximum Gasteiger partial charge on any atom is 0.256 e. The van der Waals surface area contributed by atoms with Crippen molar-refractivity contribution in [1.82, 2.24) is 4.90 Å². The highest BCUT2D eigenvalue weighted by Crippen LogP contribution is 2.33. The molecule has 0 saturated carbocycles. The number of halogens is 1. The monoisotopic (exact) mass is 335 g/mol. The van der Waals surface area contributed by atoms with Crippen molar-refractivity contribution in [3.8, 4) is 0 Å². The number of thiophene rings is 1. The van der Waals surface area contributed by atoms with E-state index in [0.717, 1.165) is 36.4 Å². The summed E-state index contributed by atoms with van der Waals surface area (Å²) in [5, 5.41) is 0. The van der Waals surface area contributed by atoms with E-state index in [4.69, 9.17) is 11.6 Å². The number of likely N-dealkylation sites (tertiary alicyclic amines) is 1. The lowest BCUT2D eigenvalue weighted by molar-refractivity contribution is 0.0762. The molecule has 4 heteroatoms. The van der Waals surface area contributed by atoms with E-state index in [9.17, 15) is 4.79 Å². The van der Waals surface area contributed by atoms with E-state index in [1.165, 1.54) is 24.2 Å². The SMILES string of the molecule is C=C(/C=C\C=C/C)c1cc(C(=O)N2CCCCCC2)c(Cl)s1. The summed E-state index contributed by atoms with van der Waals surface area (Å²) in [4.78, 5) is 15.5. The predicted molar refractivity (Wildman–Crippen MR) is 96.7 cm³/mol. The summed E-state index contributed by atoms with van der Waals surface area (Å²) in [6.45, 7) is 7.68. The van der Waals surface area contributed by atoms with Crippen LogP contribution < -0.4 is 0 Å². The number of rotatable bonds is 4. The van der Waals surface area contributed by atoms with Crippen molar-refractivity contribution in [2.24, 2.45) is 0 Å². The molecule has 1 saturated heterocycles. The van der Waals surface area contributed by atoms with Gasteiger partial charge in [-0.1, -0.05) is 55.3 Å². The molecule has 0 radical (unpaired) electrons. The molecule has 1 aromatic heterocycles. The van der Waals surface area contributed by atoms with Gasteiger partial charge in [0.15, 0.2) is 0 Å². The lowest BCUT2D eigenvalue weighted by Gasteiger charge is -2.19. The van der Waals surface area contributed by atoms with E-state index in [2.05, 4.69) is 6.58 Å². The van der Waals surface area contributed by atoms with E-state index < -0.39 is 0 Å². The van der Waals surface area contributed by atoms with Crippen LogP contribution in [-0.2, 0) is 0 Å². The average molecular weight is 336 g/mol. The zero-order valence-corrected chi connectivity index (χ0v) is 14.6. The lowest BCUT2D eigenvalue weighted by atomic mass is 10.2. The van der Waals surface area contributed by atoms with E-state index in [-0.39, 0.29) is 5.91 Å². The van der Waals surface area contributed by atoms with Crippen LogP contribution in [0.3, 0.4) is 0 Å². The molecule has 0 atom stereocenters. The largest absolute Gasteiger partial charge is 0.339 e. The molecule has 2 heterocycles. The van der Waals surface area contributed by atoms with Crippen molar-refractivity contribution in [3.05, 3.63) is 51.7 Å². The van der Waals surface area contributed by atoms with E-state index in [0.29, 0.717) is 9.90 Å². The van der Waals surface area contributed by atoms with Gasteiger partial charge in [0.1, 0.15) is 4.34 Å². The highest BCUT2D eigenvalue weighted by atomic mass is 35.5. The summed E-state index contributed by atoms with van der Waals surface area (Å²) in [7, 11) is 0. The second-order valence-electron chi connectivity index (χ2n) is 5.41. The third kappa shape index (κ3) is 4.34. The molecule has 1 aromatic rings. The van der Waals surface area contributed by atoms with Gasteiger partial charge in [0.05, 0.1) is 5.56 Å². The van der Waals surface area contributed by atoms with Gasteiger partial charge in [-0.2, -0.15) is 0 Å². The molecular formula is C18H22ClNOS. The fourth-order valence-corrected chi connectivity index (χ4v) is 3.69. The van der Waals surface area contributed by atoms with Gasteiger partial charge in [-0.3, -0.25) is 4.79 Å². The van der Waals surface area contributed by atoms with Crippen molar-refractivity contribution in [2.75, 3.05) is 13.1 Å². The number of amides is 1. The molecule has 2 nitrogen and oxygen atoms in total. The fraction of sp³-hybridized carbons (Fsp3) is 0.389. The zero-order chi connectivity index (χ0) is 15.9. The molecule has 118 valence electrons. The molecule has 0 aromatic carbocycles. The highest BCUT2D eigenvalue weighted by molar-refractivity contribution is 7.17. The summed E-state index contributed by atoms with van der Waals surface area (Å²) < 4.78 is 0.560. The van der Waals surface area contributed by atoms with Crippen molar-refractivity contribution >= 4 is 34.4 Å². The van der Waals surface area contributed by atoms with Gasteiger partial charge in [0.25, 0.3) is 5.91 Å². The first-order valence-electron chi connectivity index (χ1n) is 7.70. The van der Waals surface area contributed by atoms with Crippen LogP contribution in [0, 0.1) is 0 Å². The molecule has 2 rings (SSSR count). The molecule has 0 N–H and O–H groups in total. The Morgan fingerprint density at radius 1 is 1.27 bits per heavy atom. The van der Waals surface area contributed by atoms with Crippen LogP contribution in [0.15, 0.2) is 36.9 Å². The van der Waals surface area contributed by atoms with Gasteiger partial charge in [0, 0.05) is 18.0 Å². The van der Waals surface area contributed by atoms with Gasteiger partial charge in [-0.15, -0.1) is 11.3 Å². The van der Waals surface area contributed by atoms with E-state index in [1.807, 2.05) is 42.2 Å². The molecule has 1 fully saturated rings. The summed E-state index contributed by atoms with van der Waals surface area (Å²) in [5.41, 5.74) is 1.49.